The molecule has 94 valence electrons. The molecule has 0 aromatic carbocycles. The molecule has 0 radical (unpaired) electrons. The minimum Gasteiger partial charge on any atom is -0.327 e. The molecule has 2 N–H and O–H groups in total. The molecule has 0 spiro atoms. The molecular formula is C14H28N2. The van der Waals surface area contributed by atoms with E-state index in [1.54, 1.807) is 0 Å². The van der Waals surface area contributed by atoms with E-state index in [1.165, 1.54) is 51.5 Å². The van der Waals surface area contributed by atoms with Crippen molar-refractivity contribution in [3.63, 3.8) is 0 Å². The number of hydrogen-bond acceptors (Lipinski definition) is 2. The van der Waals surface area contributed by atoms with Gasteiger partial charge in [0.15, 0.2) is 0 Å². The molecule has 2 aliphatic rings. The standard InChI is InChI=1S/C14H28N2/c1-11-12(2)16(10-9-14(11)15)13-7-5-3-4-6-8-13/h11-14H,3-10,15H2,1-2H3. The minimum atomic E-state index is 0.428. The summed E-state index contributed by atoms with van der Waals surface area (Å²) in [4.78, 5) is 2.76. The van der Waals surface area contributed by atoms with E-state index in [1.807, 2.05) is 0 Å². The van der Waals surface area contributed by atoms with E-state index in [-0.39, 0.29) is 0 Å². The summed E-state index contributed by atoms with van der Waals surface area (Å²) in [6.07, 6.45) is 9.82. The van der Waals surface area contributed by atoms with E-state index in [0.29, 0.717) is 18.0 Å². The van der Waals surface area contributed by atoms with Gasteiger partial charge >= 0.3 is 0 Å². The largest absolute Gasteiger partial charge is 0.327 e. The molecule has 1 saturated carbocycles. The van der Waals surface area contributed by atoms with E-state index >= 15 is 0 Å². The van der Waals surface area contributed by atoms with Gasteiger partial charge in [0.2, 0.25) is 0 Å². The first-order chi connectivity index (χ1) is 7.70. The highest BCUT2D eigenvalue weighted by molar-refractivity contribution is 4.90. The van der Waals surface area contributed by atoms with Crippen LogP contribution in [0.3, 0.4) is 0 Å². The molecule has 2 nitrogen and oxygen atoms in total. The first-order valence-electron chi connectivity index (χ1n) is 7.21. The minimum absolute atomic E-state index is 0.428. The lowest BCUT2D eigenvalue weighted by Crippen LogP contribution is -2.55. The van der Waals surface area contributed by atoms with Gasteiger partial charge < -0.3 is 5.73 Å². The lowest BCUT2D eigenvalue weighted by atomic mass is 9.86. The van der Waals surface area contributed by atoms with Gasteiger partial charge in [-0.1, -0.05) is 32.6 Å². The van der Waals surface area contributed by atoms with Gasteiger partial charge in [0, 0.05) is 24.7 Å². The first kappa shape index (κ1) is 12.4. The Kier molecular flexibility index (Phi) is 4.26. The van der Waals surface area contributed by atoms with Gasteiger partial charge in [0.1, 0.15) is 0 Å². The summed E-state index contributed by atoms with van der Waals surface area (Å²) in [6, 6.07) is 1.97. The number of nitrogens with two attached hydrogens (primary N) is 1. The lowest BCUT2D eigenvalue weighted by molar-refractivity contribution is 0.0497. The SMILES string of the molecule is CC1C(N)CCN(C2CCCCCC2)C1C. The summed E-state index contributed by atoms with van der Waals surface area (Å²) in [7, 11) is 0. The fourth-order valence-electron chi connectivity index (χ4n) is 3.53. The smallest absolute Gasteiger partial charge is 0.0110 e. The quantitative estimate of drug-likeness (QED) is 0.694. The van der Waals surface area contributed by atoms with Crippen LogP contribution in [0.1, 0.15) is 58.8 Å². The van der Waals surface area contributed by atoms with Crippen LogP contribution in [0.15, 0.2) is 0 Å². The fourth-order valence-corrected chi connectivity index (χ4v) is 3.53. The summed E-state index contributed by atoms with van der Waals surface area (Å²) in [5.41, 5.74) is 6.16. The van der Waals surface area contributed by atoms with E-state index in [2.05, 4.69) is 18.7 Å². The van der Waals surface area contributed by atoms with E-state index in [4.69, 9.17) is 5.73 Å². The molecule has 1 aliphatic carbocycles. The predicted molar refractivity (Wildman–Crippen MR) is 69.4 cm³/mol. The molecule has 0 amide bonds. The zero-order valence-corrected chi connectivity index (χ0v) is 11.0. The molecular weight excluding hydrogens is 196 g/mol. The topological polar surface area (TPSA) is 29.3 Å². The van der Waals surface area contributed by atoms with Gasteiger partial charge in [-0.3, -0.25) is 4.90 Å². The van der Waals surface area contributed by atoms with Gasteiger partial charge in [-0.2, -0.15) is 0 Å². The highest BCUT2D eigenvalue weighted by Gasteiger charge is 2.34. The molecule has 2 heteroatoms. The fraction of sp³-hybridized carbons (Fsp3) is 1.00. The van der Waals surface area contributed by atoms with Crippen LogP contribution in [0, 0.1) is 5.92 Å². The molecule has 2 rings (SSSR count). The number of likely N-dealkylation sites (tertiary alicyclic amines) is 1. The van der Waals surface area contributed by atoms with Crippen LogP contribution >= 0.6 is 0 Å². The average Bonchev–Trinajstić information content (AvgIpc) is 2.55. The molecule has 0 bridgehead atoms. The maximum Gasteiger partial charge on any atom is 0.0110 e. The predicted octanol–water partition coefficient (Wildman–Crippen LogP) is 2.77. The monoisotopic (exact) mass is 224 g/mol. The van der Waals surface area contributed by atoms with Crippen molar-refractivity contribution >= 4 is 0 Å². The van der Waals surface area contributed by atoms with Crippen molar-refractivity contribution in [1.82, 2.24) is 4.90 Å². The third-order valence-corrected chi connectivity index (χ3v) is 4.97. The van der Waals surface area contributed by atoms with E-state index in [9.17, 15) is 0 Å². The van der Waals surface area contributed by atoms with Crippen LogP contribution in [0.4, 0.5) is 0 Å². The van der Waals surface area contributed by atoms with Crippen LogP contribution < -0.4 is 5.73 Å². The summed E-state index contributed by atoms with van der Waals surface area (Å²) in [6.45, 7) is 5.95. The lowest BCUT2D eigenvalue weighted by Gasteiger charge is -2.45. The van der Waals surface area contributed by atoms with Crippen molar-refractivity contribution in [2.24, 2.45) is 11.7 Å². The Morgan fingerprint density at radius 1 is 0.938 bits per heavy atom. The van der Waals surface area contributed by atoms with Crippen molar-refractivity contribution < 1.29 is 0 Å². The van der Waals surface area contributed by atoms with Gasteiger partial charge in [0.05, 0.1) is 0 Å². The summed E-state index contributed by atoms with van der Waals surface area (Å²) < 4.78 is 0. The molecule has 3 unspecified atom stereocenters. The van der Waals surface area contributed by atoms with Crippen LogP contribution in [-0.2, 0) is 0 Å². The third-order valence-electron chi connectivity index (χ3n) is 4.97. The van der Waals surface area contributed by atoms with Gasteiger partial charge in [-0.15, -0.1) is 0 Å². The second kappa shape index (κ2) is 5.50. The summed E-state index contributed by atoms with van der Waals surface area (Å²) in [5, 5.41) is 0. The number of hydrogen-bond donors (Lipinski definition) is 1. The van der Waals surface area contributed by atoms with E-state index in [0.717, 1.165) is 6.04 Å². The van der Waals surface area contributed by atoms with Crippen LogP contribution in [0.5, 0.6) is 0 Å². The van der Waals surface area contributed by atoms with Crippen molar-refractivity contribution in [2.75, 3.05) is 6.54 Å². The Morgan fingerprint density at radius 3 is 2.19 bits per heavy atom. The normalized spacial score (nSPS) is 39.6. The van der Waals surface area contributed by atoms with E-state index < -0.39 is 0 Å². The van der Waals surface area contributed by atoms with Crippen LogP contribution in [0.2, 0.25) is 0 Å². The molecule has 1 aliphatic heterocycles. The second-order valence-electron chi connectivity index (χ2n) is 5.94. The maximum atomic E-state index is 6.16. The summed E-state index contributed by atoms with van der Waals surface area (Å²) in [5.74, 6) is 0.664. The number of rotatable bonds is 1. The van der Waals surface area contributed by atoms with Gasteiger partial charge in [0.25, 0.3) is 0 Å². The molecule has 0 aromatic heterocycles. The Bertz CT molecular complexity index is 209. The number of piperidine rings is 1. The highest BCUT2D eigenvalue weighted by atomic mass is 15.2. The molecule has 16 heavy (non-hydrogen) atoms. The van der Waals surface area contributed by atoms with Crippen LogP contribution in [-0.4, -0.2) is 29.6 Å². The second-order valence-corrected chi connectivity index (χ2v) is 5.94. The Balaban J connectivity index is 1.97. The van der Waals surface area contributed by atoms with Crippen molar-refractivity contribution in [1.29, 1.82) is 0 Å². The van der Waals surface area contributed by atoms with Crippen molar-refractivity contribution in [2.45, 2.75) is 76.9 Å². The van der Waals surface area contributed by atoms with Gasteiger partial charge in [-0.05, 0) is 32.1 Å². The summed E-state index contributed by atoms with van der Waals surface area (Å²) >= 11 is 0. The Hall–Kier alpha value is -0.0800. The van der Waals surface area contributed by atoms with Crippen molar-refractivity contribution in [3.05, 3.63) is 0 Å². The third kappa shape index (κ3) is 2.60. The van der Waals surface area contributed by atoms with Crippen LogP contribution in [0.25, 0.3) is 0 Å². The number of nitrogens with zero attached hydrogens (tertiary/aromatic N) is 1. The van der Waals surface area contributed by atoms with Gasteiger partial charge in [-0.25, -0.2) is 0 Å². The first-order valence-corrected chi connectivity index (χ1v) is 7.21. The average molecular weight is 224 g/mol. The Morgan fingerprint density at radius 2 is 1.56 bits per heavy atom. The molecule has 1 saturated heterocycles. The molecule has 1 heterocycles. The maximum absolute atomic E-state index is 6.16. The molecule has 0 aromatic rings. The zero-order valence-electron chi connectivity index (χ0n) is 11.0. The highest BCUT2D eigenvalue weighted by Crippen LogP contribution is 2.29. The molecule has 3 atom stereocenters. The molecule has 2 fully saturated rings. The Labute approximate surface area is 101 Å². The van der Waals surface area contributed by atoms with Crippen molar-refractivity contribution in [3.8, 4) is 0 Å². The zero-order chi connectivity index (χ0) is 11.5.